The minimum absolute atomic E-state index is 0.203. The number of ether oxygens (including phenoxy) is 1. The molecule has 5 nitrogen and oxygen atoms in total. The Morgan fingerprint density at radius 3 is 2.69 bits per heavy atom. The number of rotatable bonds is 7. The summed E-state index contributed by atoms with van der Waals surface area (Å²) in [6, 6.07) is 8.26. The minimum Gasteiger partial charge on any atom is -0.497 e. The van der Waals surface area contributed by atoms with Gasteiger partial charge in [0.05, 0.1) is 7.11 Å². The van der Waals surface area contributed by atoms with Gasteiger partial charge in [0.1, 0.15) is 5.75 Å². The molecule has 142 valence electrons. The molecule has 2 amide bonds. The van der Waals surface area contributed by atoms with Gasteiger partial charge in [0.15, 0.2) is 0 Å². The molecular weight excluding hydrogens is 328 g/mol. The van der Waals surface area contributed by atoms with Crippen LogP contribution in [0.3, 0.4) is 0 Å². The highest BCUT2D eigenvalue weighted by Gasteiger charge is 2.25. The van der Waals surface area contributed by atoms with Crippen LogP contribution in [-0.2, 0) is 16.0 Å². The topological polar surface area (TPSA) is 49.9 Å². The number of piperidine rings is 1. The number of carbonyl (C=O) groups is 2. The van der Waals surface area contributed by atoms with Gasteiger partial charge in [0.2, 0.25) is 11.8 Å². The number of amides is 2. The molecule has 1 atom stereocenters. The second-order valence-electron chi connectivity index (χ2n) is 7.47. The van der Waals surface area contributed by atoms with E-state index in [1.54, 1.807) is 7.11 Å². The summed E-state index contributed by atoms with van der Waals surface area (Å²) in [7, 11) is 1.68. The maximum absolute atomic E-state index is 12.5. The van der Waals surface area contributed by atoms with Crippen LogP contribution in [-0.4, -0.2) is 54.9 Å². The fourth-order valence-electron chi connectivity index (χ4n) is 4.02. The van der Waals surface area contributed by atoms with E-state index < -0.39 is 0 Å². The predicted molar refractivity (Wildman–Crippen MR) is 101 cm³/mol. The molecule has 0 N–H and O–H groups in total. The number of likely N-dealkylation sites (tertiary alicyclic amines) is 2. The number of hydrogen-bond donors (Lipinski definition) is 0. The van der Waals surface area contributed by atoms with Crippen molar-refractivity contribution >= 4 is 11.8 Å². The summed E-state index contributed by atoms with van der Waals surface area (Å²) in [5.41, 5.74) is 1.32. The summed E-state index contributed by atoms with van der Waals surface area (Å²) in [6.07, 6.45) is 6.48. The SMILES string of the molecule is COc1ccc(CC[C@H]2CCCN(C(=O)CCN3CCCC3=O)C2)cc1. The van der Waals surface area contributed by atoms with Crippen LogP contribution in [0, 0.1) is 5.92 Å². The van der Waals surface area contributed by atoms with Crippen LogP contribution in [0.15, 0.2) is 24.3 Å². The lowest BCUT2D eigenvalue weighted by Crippen LogP contribution is -2.41. The quantitative estimate of drug-likeness (QED) is 0.753. The van der Waals surface area contributed by atoms with Crippen LogP contribution < -0.4 is 4.74 Å². The molecule has 1 aromatic carbocycles. The zero-order valence-corrected chi connectivity index (χ0v) is 15.8. The van der Waals surface area contributed by atoms with E-state index in [2.05, 4.69) is 12.1 Å². The lowest BCUT2D eigenvalue weighted by Gasteiger charge is -2.33. The molecule has 2 saturated heterocycles. The Morgan fingerprint density at radius 1 is 1.19 bits per heavy atom. The Morgan fingerprint density at radius 2 is 2.00 bits per heavy atom. The van der Waals surface area contributed by atoms with Crippen LogP contribution in [0.5, 0.6) is 5.75 Å². The molecule has 0 spiro atoms. The van der Waals surface area contributed by atoms with Crippen LogP contribution in [0.1, 0.15) is 44.1 Å². The van der Waals surface area contributed by atoms with E-state index in [1.807, 2.05) is 21.9 Å². The Bertz CT molecular complexity index is 614. The predicted octanol–water partition coefficient (Wildman–Crippen LogP) is 2.88. The fraction of sp³-hybridized carbons (Fsp3) is 0.619. The Labute approximate surface area is 156 Å². The third-order valence-electron chi connectivity index (χ3n) is 5.64. The largest absolute Gasteiger partial charge is 0.497 e. The van der Waals surface area contributed by atoms with Gasteiger partial charge in [-0.25, -0.2) is 0 Å². The Balaban J connectivity index is 1.42. The molecular formula is C21H30N2O3. The molecule has 26 heavy (non-hydrogen) atoms. The van der Waals surface area contributed by atoms with E-state index >= 15 is 0 Å². The number of carbonyl (C=O) groups excluding carboxylic acids is 2. The summed E-state index contributed by atoms with van der Waals surface area (Å²) in [4.78, 5) is 28.0. The molecule has 2 heterocycles. The number of hydrogen-bond acceptors (Lipinski definition) is 3. The highest BCUT2D eigenvalue weighted by atomic mass is 16.5. The average molecular weight is 358 g/mol. The lowest BCUT2D eigenvalue weighted by atomic mass is 9.91. The van der Waals surface area contributed by atoms with E-state index in [0.717, 1.165) is 51.1 Å². The summed E-state index contributed by atoms with van der Waals surface area (Å²) < 4.78 is 5.20. The highest BCUT2D eigenvalue weighted by Crippen LogP contribution is 2.23. The van der Waals surface area contributed by atoms with Gasteiger partial charge in [-0.3, -0.25) is 9.59 Å². The highest BCUT2D eigenvalue weighted by molar-refractivity contribution is 5.80. The van der Waals surface area contributed by atoms with Crippen molar-refractivity contribution in [2.75, 3.05) is 33.3 Å². The summed E-state index contributed by atoms with van der Waals surface area (Å²) in [5, 5.41) is 0. The first-order valence-electron chi connectivity index (χ1n) is 9.84. The normalized spacial score (nSPS) is 20.5. The third-order valence-corrected chi connectivity index (χ3v) is 5.64. The first-order chi connectivity index (χ1) is 12.7. The molecule has 5 heteroatoms. The second-order valence-corrected chi connectivity index (χ2v) is 7.47. The van der Waals surface area contributed by atoms with Crippen LogP contribution in [0.2, 0.25) is 0 Å². The van der Waals surface area contributed by atoms with Crippen LogP contribution in [0.25, 0.3) is 0 Å². The van der Waals surface area contributed by atoms with Crippen molar-refractivity contribution in [1.82, 2.24) is 9.80 Å². The van der Waals surface area contributed by atoms with Crippen molar-refractivity contribution in [3.05, 3.63) is 29.8 Å². The zero-order valence-electron chi connectivity index (χ0n) is 15.8. The third kappa shape index (κ3) is 4.99. The molecule has 2 fully saturated rings. The summed E-state index contributed by atoms with van der Waals surface area (Å²) >= 11 is 0. The van der Waals surface area contributed by atoms with Gasteiger partial charge in [-0.2, -0.15) is 0 Å². The van der Waals surface area contributed by atoms with Gasteiger partial charge in [0.25, 0.3) is 0 Å². The molecule has 0 saturated carbocycles. The Hall–Kier alpha value is -2.04. The van der Waals surface area contributed by atoms with Crippen molar-refractivity contribution in [2.45, 2.75) is 44.9 Å². The van der Waals surface area contributed by atoms with Crippen molar-refractivity contribution < 1.29 is 14.3 Å². The molecule has 3 rings (SSSR count). The standard InChI is InChI=1S/C21H30N2O3/c1-26-19-10-8-17(9-11-19)6-7-18-4-2-14-23(16-18)21(25)12-15-22-13-3-5-20(22)24/h8-11,18H,2-7,12-16H2,1H3/t18-/m1/s1. The van der Waals surface area contributed by atoms with Crippen molar-refractivity contribution in [3.63, 3.8) is 0 Å². The monoisotopic (exact) mass is 358 g/mol. The molecule has 2 aliphatic heterocycles. The molecule has 0 aromatic heterocycles. The van der Waals surface area contributed by atoms with Gasteiger partial charge in [-0.1, -0.05) is 12.1 Å². The van der Waals surface area contributed by atoms with E-state index in [0.29, 0.717) is 25.3 Å². The van der Waals surface area contributed by atoms with E-state index in [9.17, 15) is 9.59 Å². The van der Waals surface area contributed by atoms with Crippen LogP contribution >= 0.6 is 0 Å². The Kier molecular flexibility index (Phi) is 6.53. The number of nitrogens with zero attached hydrogens (tertiary/aromatic N) is 2. The number of aryl methyl sites for hydroxylation is 1. The van der Waals surface area contributed by atoms with Gasteiger partial charge >= 0.3 is 0 Å². The van der Waals surface area contributed by atoms with Crippen LogP contribution in [0.4, 0.5) is 0 Å². The maximum atomic E-state index is 12.5. The lowest BCUT2D eigenvalue weighted by molar-refractivity contribution is -0.134. The molecule has 0 bridgehead atoms. The van der Waals surface area contributed by atoms with Crippen molar-refractivity contribution in [3.8, 4) is 5.75 Å². The molecule has 0 aliphatic carbocycles. The minimum atomic E-state index is 0.203. The molecule has 0 unspecified atom stereocenters. The molecule has 2 aliphatic rings. The van der Waals surface area contributed by atoms with Crippen molar-refractivity contribution in [1.29, 1.82) is 0 Å². The van der Waals surface area contributed by atoms with Gasteiger partial charge in [0, 0.05) is 39.0 Å². The second kappa shape index (κ2) is 9.06. The van der Waals surface area contributed by atoms with E-state index in [-0.39, 0.29) is 11.8 Å². The fourth-order valence-corrected chi connectivity index (χ4v) is 4.02. The smallest absolute Gasteiger partial charge is 0.224 e. The summed E-state index contributed by atoms with van der Waals surface area (Å²) in [6.45, 7) is 3.13. The van der Waals surface area contributed by atoms with E-state index in [1.165, 1.54) is 12.0 Å². The van der Waals surface area contributed by atoms with E-state index in [4.69, 9.17) is 4.74 Å². The maximum Gasteiger partial charge on any atom is 0.224 e. The van der Waals surface area contributed by atoms with Gasteiger partial charge in [-0.05, 0) is 55.7 Å². The molecule has 1 aromatic rings. The molecule has 0 radical (unpaired) electrons. The number of benzene rings is 1. The van der Waals surface area contributed by atoms with Gasteiger partial charge in [-0.15, -0.1) is 0 Å². The summed E-state index contributed by atoms with van der Waals surface area (Å²) in [5.74, 6) is 1.87. The zero-order chi connectivity index (χ0) is 18.4. The van der Waals surface area contributed by atoms with Crippen molar-refractivity contribution in [2.24, 2.45) is 5.92 Å². The first-order valence-corrected chi connectivity index (χ1v) is 9.84. The van der Waals surface area contributed by atoms with Gasteiger partial charge < -0.3 is 14.5 Å². The first kappa shape index (κ1) is 18.7. The number of methoxy groups -OCH3 is 1. The average Bonchev–Trinajstić information content (AvgIpc) is 3.10.